The Bertz CT molecular complexity index is 220. The molecule has 0 aromatic heterocycles. The van der Waals surface area contributed by atoms with E-state index in [1.165, 1.54) is 12.8 Å². The Morgan fingerprint density at radius 1 is 0.257 bits per heavy atom. The summed E-state index contributed by atoms with van der Waals surface area (Å²) in [5, 5.41) is 0. The quantitative estimate of drug-likeness (QED) is 0.337. The molecular weight excluding hydrogens is 420 g/mol. The van der Waals surface area contributed by atoms with Gasteiger partial charge in [0.2, 0.25) is 0 Å². The maximum Gasteiger partial charge on any atom is -0.0448 e. The zero-order valence-corrected chi connectivity index (χ0v) is 29.2. The summed E-state index contributed by atoms with van der Waals surface area (Å²) in [7, 11) is 0. The lowest BCUT2D eigenvalue weighted by Gasteiger charge is -2.05. The zero-order chi connectivity index (χ0) is 29.2. The van der Waals surface area contributed by atoms with Gasteiger partial charge in [0, 0.05) is 0 Å². The summed E-state index contributed by atoms with van der Waals surface area (Å²) < 4.78 is 0. The second-order valence-corrected chi connectivity index (χ2v) is 13.6. The molecule has 0 aromatic carbocycles. The molecular formula is C35H84. The molecule has 0 radical (unpaired) electrons. The normalized spacial score (nSPS) is 10.3. The van der Waals surface area contributed by atoms with Crippen LogP contribution in [0.25, 0.3) is 0 Å². The van der Waals surface area contributed by atoms with E-state index in [-0.39, 0.29) is 7.43 Å². The molecule has 0 aromatic rings. The number of hydrogen-bond acceptors (Lipinski definition) is 0. The molecule has 0 nitrogen and oxygen atoms in total. The lowest BCUT2D eigenvalue weighted by molar-refractivity contribution is 0.457. The van der Waals surface area contributed by atoms with Crippen LogP contribution in [0.2, 0.25) is 0 Å². The van der Waals surface area contributed by atoms with Crippen molar-refractivity contribution >= 4 is 0 Å². The minimum atomic E-state index is 0. The van der Waals surface area contributed by atoms with Crippen LogP contribution in [-0.2, 0) is 0 Å². The zero-order valence-electron chi connectivity index (χ0n) is 29.2. The second-order valence-electron chi connectivity index (χ2n) is 13.6. The molecule has 0 aliphatic carbocycles. The average Bonchev–Trinajstić information content (AvgIpc) is 2.69. The van der Waals surface area contributed by atoms with Crippen LogP contribution in [-0.4, -0.2) is 0 Å². The van der Waals surface area contributed by atoms with Crippen LogP contribution in [0.1, 0.15) is 173 Å². The molecule has 0 saturated heterocycles. The van der Waals surface area contributed by atoms with Gasteiger partial charge in [0.25, 0.3) is 0 Å². The van der Waals surface area contributed by atoms with Gasteiger partial charge in [-0.05, 0) is 59.2 Å². The van der Waals surface area contributed by atoms with Crippen molar-refractivity contribution in [3.05, 3.63) is 0 Å². The van der Waals surface area contributed by atoms with Crippen LogP contribution in [0.5, 0.6) is 0 Å². The van der Waals surface area contributed by atoms with Crippen LogP contribution in [0.4, 0.5) is 0 Å². The molecule has 0 saturated carbocycles. The number of hydrogen-bond donors (Lipinski definition) is 0. The first-order chi connectivity index (χ1) is 15.1. The van der Waals surface area contributed by atoms with Crippen molar-refractivity contribution in [2.24, 2.45) is 59.2 Å². The van der Waals surface area contributed by atoms with Gasteiger partial charge >= 0.3 is 0 Å². The highest BCUT2D eigenvalue weighted by Crippen LogP contribution is 2.07. The third-order valence-corrected chi connectivity index (χ3v) is 6.97. The highest BCUT2D eigenvalue weighted by atomic mass is 14.0. The molecule has 0 atom stereocenters. The predicted octanol–water partition coefficient (Wildman–Crippen LogP) is 13.9. The summed E-state index contributed by atoms with van der Waals surface area (Å²) in [5.41, 5.74) is 0. The van der Waals surface area contributed by atoms with Crippen molar-refractivity contribution in [3.63, 3.8) is 0 Å². The Morgan fingerprint density at radius 3 is 0.314 bits per heavy atom. The Kier molecular flexibility index (Phi) is 53.3. The summed E-state index contributed by atoms with van der Waals surface area (Å²) in [6.07, 6.45) is 2.61. The van der Waals surface area contributed by atoms with Crippen molar-refractivity contribution < 1.29 is 0 Å². The van der Waals surface area contributed by atoms with Gasteiger partial charge in [-0.3, -0.25) is 0 Å². The molecule has 0 fully saturated rings. The van der Waals surface area contributed by atoms with Crippen LogP contribution in [0, 0.1) is 59.2 Å². The van der Waals surface area contributed by atoms with E-state index in [4.69, 9.17) is 0 Å². The van der Waals surface area contributed by atoms with Crippen molar-refractivity contribution in [1.29, 1.82) is 0 Å². The monoisotopic (exact) mass is 505 g/mol. The fraction of sp³-hybridized carbons (Fsp3) is 1.00. The van der Waals surface area contributed by atoms with E-state index in [1.807, 2.05) is 0 Å². The smallest absolute Gasteiger partial charge is 0.0448 e. The van der Waals surface area contributed by atoms with Gasteiger partial charge < -0.3 is 0 Å². The summed E-state index contributed by atoms with van der Waals surface area (Å²) >= 11 is 0. The first-order valence-corrected chi connectivity index (χ1v) is 15.1. The minimum Gasteiger partial charge on any atom is -0.0776 e. The van der Waals surface area contributed by atoms with Gasteiger partial charge in [-0.25, -0.2) is 0 Å². The van der Waals surface area contributed by atoms with Crippen LogP contribution in [0.15, 0.2) is 0 Å². The summed E-state index contributed by atoms with van der Waals surface area (Å²) in [5.74, 6) is 8.58. The van der Waals surface area contributed by atoms with Crippen molar-refractivity contribution in [2.45, 2.75) is 173 Å². The predicted molar refractivity (Wildman–Crippen MR) is 176 cm³/mol. The van der Waals surface area contributed by atoms with E-state index < -0.39 is 0 Å². The molecule has 0 aliphatic heterocycles. The lowest BCUT2D eigenvalue weighted by Crippen LogP contribution is -1.95. The van der Waals surface area contributed by atoms with E-state index in [0.29, 0.717) is 0 Å². The highest BCUT2D eigenvalue weighted by molar-refractivity contribution is 4.48. The molecule has 35 heavy (non-hydrogen) atoms. The van der Waals surface area contributed by atoms with E-state index in [2.05, 4.69) is 152 Å². The molecule has 0 bridgehead atoms. The molecule has 0 rings (SSSR count). The fourth-order valence-electron chi connectivity index (χ4n) is 0. The fourth-order valence-corrected chi connectivity index (χ4v) is 0. The van der Waals surface area contributed by atoms with Gasteiger partial charge in [-0.15, -0.1) is 0 Å². The Labute approximate surface area is 231 Å². The molecule has 0 amide bonds. The largest absolute Gasteiger partial charge is 0.0776 e. The molecule has 0 heterocycles. The third kappa shape index (κ3) is 87.0. The summed E-state index contributed by atoms with van der Waals surface area (Å²) in [4.78, 5) is 0. The minimum absolute atomic E-state index is 0. The van der Waals surface area contributed by atoms with E-state index in [0.717, 1.165) is 59.2 Å². The van der Waals surface area contributed by atoms with Crippen molar-refractivity contribution in [2.75, 3.05) is 0 Å². The maximum absolute atomic E-state index is 2.24. The van der Waals surface area contributed by atoms with E-state index in [9.17, 15) is 0 Å². The Balaban J connectivity index is -0.0000000536. The first kappa shape index (κ1) is 51.6. The molecule has 224 valence electrons. The topological polar surface area (TPSA) is 0 Å². The van der Waals surface area contributed by atoms with Gasteiger partial charge in [-0.1, -0.05) is 173 Å². The first-order valence-electron chi connectivity index (χ1n) is 15.1. The van der Waals surface area contributed by atoms with Crippen LogP contribution >= 0.6 is 0 Å². The molecule has 0 N–H and O–H groups in total. The van der Waals surface area contributed by atoms with Crippen molar-refractivity contribution in [3.8, 4) is 0 Å². The molecule has 0 spiro atoms. The summed E-state index contributed by atoms with van der Waals surface area (Å²) in [6.45, 7) is 49.1. The lowest BCUT2D eigenvalue weighted by atomic mass is 10.0. The van der Waals surface area contributed by atoms with Crippen LogP contribution < -0.4 is 0 Å². The van der Waals surface area contributed by atoms with Crippen LogP contribution in [0.3, 0.4) is 0 Å². The van der Waals surface area contributed by atoms with Gasteiger partial charge in [0.1, 0.15) is 0 Å². The number of rotatable bonds is 6. The molecule has 0 unspecified atom stereocenters. The van der Waals surface area contributed by atoms with Gasteiger partial charge in [0.15, 0.2) is 0 Å². The Hall–Kier alpha value is 0. The Morgan fingerprint density at radius 2 is 0.314 bits per heavy atom. The molecule has 0 heteroatoms. The molecule has 0 aliphatic rings. The van der Waals surface area contributed by atoms with E-state index in [1.54, 1.807) is 0 Å². The van der Waals surface area contributed by atoms with E-state index >= 15 is 0 Å². The average molecular weight is 505 g/mol. The van der Waals surface area contributed by atoms with Crippen molar-refractivity contribution in [1.82, 2.24) is 0 Å². The third-order valence-electron chi connectivity index (χ3n) is 6.97. The van der Waals surface area contributed by atoms with Gasteiger partial charge in [-0.2, -0.15) is 0 Å². The highest BCUT2D eigenvalue weighted by Gasteiger charge is 1.97. The maximum atomic E-state index is 2.24. The van der Waals surface area contributed by atoms with Gasteiger partial charge in [0.05, 0.1) is 0 Å². The second kappa shape index (κ2) is 36.2. The summed E-state index contributed by atoms with van der Waals surface area (Å²) in [6, 6.07) is 0. The SMILES string of the molecule is C.CC(C)C(C)C.CC(C)C(C)C.CC(C)C(C)C.CC(C)C(C)C.CCC(C)C.CCC(C)C. The standard InChI is InChI=1S/4C6H14.2C5H12.CH4/c4*1-5(2)6(3)4;2*1-4-5(2)3;/h4*5-6H,1-4H3;2*5H,4H2,1-3H3;1H4.